The third-order valence-corrected chi connectivity index (χ3v) is 3.79. The SMILES string of the molecule is OC(c1cc2ccc3ccccc3c2o1)C1CC1. The smallest absolute Gasteiger partial charge is 0.142 e. The van der Waals surface area contributed by atoms with Crippen LogP contribution in [0, 0.1) is 5.92 Å². The van der Waals surface area contributed by atoms with Gasteiger partial charge in [-0.15, -0.1) is 0 Å². The standard InChI is InChI=1S/C16H14O2/c17-15(11-6-7-11)14-9-12-8-5-10-3-1-2-4-13(10)16(12)18-14/h1-5,8-9,11,15,17H,6-7H2. The maximum atomic E-state index is 10.1. The molecule has 1 fully saturated rings. The van der Waals surface area contributed by atoms with Crippen LogP contribution >= 0.6 is 0 Å². The number of hydrogen-bond donors (Lipinski definition) is 1. The Balaban J connectivity index is 1.95. The van der Waals surface area contributed by atoms with Crippen molar-refractivity contribution in [2.45, 2.75) is 18.9 Å². The number of aliphatic hydroxyl groups is 1. The minimum atomic E-state index is -0.434. The first kappa shape index (κ1) is 10.2. The summed E-state index contributed by atoms with van der Waals surface area (Å²) in [7, 11) is 0. The quantitative estimate of drug-likeness (QED) is 0.731. The van der Waals surface area contributed by atoms with Gasteiger partial charge in [0.25, 0.3) is 0 Å². The zero-order chi connectivity index (χ0) is 12.1. The number of hydrogen-bond acceptors (Lipinski definition) is 2. The van der Waals surface area contributed by atoms with Crippen molar-refractivity contribution in [1.82, 2.24) is 0 Å². The Labute approximate surface area is 105 Å². The number of benzene rings is 2. The molecule has 1 saturated carbocycles. The number of aliphatic hydroxyl groups excluding tert-OH is 1. The molecule has 1 atom stereocenters. The molecule has 1 aliphatic carbocycles. The minimum Gasteiger partial charge on any atom is -0.458 e. The van der Waals surface area contributed by atoms with Crippen molar-refractivity contribution in [3.63, 3.8) is 0 Å². The second-order valence-corrected chi connectivity index (χ2v) is 5.14. The Morgan fingerprint density at radius 1 is 1.06 bits per heavy atom. The van der Waals surface area contributed by atoms with Crippen LogP contribution in [0.3, 0.4) is 0 Å². The van der Waals surface area contributed by atoms with Gasteiger partial charge in [0.1, 0.15) is 17.4 Å². The van der Waals surface area contributed by atoms with Crippen LogP contribution in [0.15, 0.2) is 46.9 Å². The number of furan rings is 1. The highest BCUT2D eigenvalue weighted by atomic mass is 16.4. The monoisotopic (exact) mass is 238 g/mol. The van der Waals surface area contributed by atoms with Gasteiger partial charge in [-0.3, -0.25) is 0 Å². The van der Waals surface area contributed by atoms with Crippen LogP contribution in [0.25, 0.3) is 21.7 Å². The molecule has 2 nitrogen and oxygen atoms in total. The zero-order valence-electron chi connectivity index (χ0n) is 9.97. The molecule has 1 aliphatic rings. The fraction of sp³-hybridized carbons (Fsp3) is 0.250. The predicted molar refractivity (Wildman–Crippen MR) is 71.4 cm³/mol. The molecule has 2 heteroatoms. The van der Waals surface area contributed by atoms with Crippen LogP contribution in [0.1, 0.15) is 24.7 Å². The molecule has 0 aliphatic heterocycles. The molecule has 0 saturated heterocycles. The van der Waals surface area contributed by atoms with E-state index in [0.717, 1.165) is 29.2 Å². The van der Waals surface area contributed by atoms with Crippen molar-refractivity contribution in [2.75, 3.05) is 0 Å². The third kappa shape index (κ3) is 1.46. The van der Waals surface area contributed by atoms with Crippen molar-refractivity contribution in [3.8, 4) is 0 Å². The molecule has 4 rings (SSSR count). The van der Waals surface area contributed by atoms with E-state index < -0.39 is 6.10 Å². The van der Waals surface area contributed by atoms with Crippen LogP contribution in [0.2, 0.25) is 0 Å². The molecule has 1 heterocycles. The molecule has 2 aromatic carbocycles. The maximum Gasteiger partial charge on any atom is 0.142 e. The molecule has 1 unspecified atom stereocenters. The molecule has 0 radical (unpaired) electrons. The van der Waals surface area contributed by atoms with Crippen LogP contribution in [0.4, 0.5) is 0 Å². The average Bonchev–Trinajstić information content (AvgIpc) is 3.16. The number of rotatable bonds is 2. The zero-order valence-corrected chi connectivity index (χ0v) is 9.97. The van der Waals surface area contributed by atoms with Crippen molar-refractivity contribution in [3.05, 3.63) is 48.2 Å². The van der Waals surface area contributed by atoms with Gasteiger partial charge in [-0.05, 0) is 30.2 Å². The van der Waals surface area contributed by atoms with E-state index in [0.29, 0.717) is 11.7 Å². The largest absolute Gasteiger partial charge is 0.458 e. The number of fused-ring (bicyclic) bond motifs is 3. The normalized spacial score (nSPS) is 17.4. The van der Waals surface area contributed by atoms with Crippen molar-refractivity contribution < 1.29 is 9.52 Å². The van der Waals surface area contributed by atoms with Crippen molar-refractivity contribution in [2.24, 2.45) is 5.92 Å². The van der Waals surface area contributed by atoms with E-state index in [1.54, 1.807) is 0 Å². The van der Waals surface area contributed by atoms with Gasteiger partial charge in [-0.25, -0.2) is 0 Å². The molecule has 90 valence electrons. The Hall–Kier alpha value is -1.80. The molecule has 0 spiro atoms. The molecule has 1 aromatic heterocycles. The van der Waals surface area contributed by atoms with Crippen LogP contribution in [0.5, 0.6) is 0 Å². The Morgan fingerprint density at radius 3 is 2.67 bits per heavy atom. The fourth-order valence-corrected chi connectivity index (χ4v) is 2.58. The Kier molecular flexibility index (Phi) is 2.03. The first-order valence-corrected chi connectivity index (χ1v) is 6.42. The summed E-state index contributed by atoms with van der Waals surface area (Å²) in [5.41, 5.74) is 0.891. The molecule has 18 heavy (non-hydrogen) atoms. The van der Waals surface area contributed by atoms with Gasteiger partial charge < -0.3 is 9.52 Å². The van der Waals surface area contributed by atoms with Crippen LogP contribution in [-0.4, -0.2) is 5.11 Å². The Morgan fingerprint density at radius 2 is 1.83 bits per heavy atom. The molecule has 0 bridgehead atoms. The van der Waals surface area contributed by atoms with Gasteiger partial charge >= 0.3 is 0 Å². The minimum absolute atomic E-state index is 0.400. The summed E-state index contributed by atoms with van der Waals surface area (Å²) in [6.45, 7) is 0. The summed E-state index contributed by atoms with van der Waals surface area (Å²) in [5.74, 6) is 1.11. The lowest BCUT2D eigenvalue weighted by atomic mass is 10.1. The van der Waals surface area contributed by atoms with Gasteiger partial charge in [0.2, 0.25) is 0 Å². The van der Waals surface area contributed by atoms with E-state index in [4.69, 9.17) is 4.42 Å². The summed E-state index contributed by atoms with van der Waals surface area (Å²) in [6, 6.07) is 14.3. The molecular weight excluding hydrogens is 224 g/mol. The fourth-order valence-electron chi connectivity index (χ4n) is 2.58. The summed E-state index contributed by atoms with van der Waals surface area (Å²) in [6.07, 6.45) is 1.79. The van der Waals surface area contributed by atoms with E-state index in [1.165, 1.54) is 5.39 Å². The molecule has 1 N–H and O–H groups in total. The van der Waals surface area contributed by atoms with Gasteiger partial charge in [0, 0.05) is 10.8 Å². The molecule has 3 aromatic rings. The average molecular weight is 238 g/mol. The maximum absolute atomic E-state index is 10.1. The second-order valence-electron chi connectivity index (χ2n) is 5.14. The van der Waals surface area contributed by atoms with Crippen LogP contribution in [-0.2, 0) is 0 Å². The van der Waals surface area contributed by atoms with Gasteiger partial charge in [-0.1, -0.05) is 36.4 Å². The van der Waals surface area contributed by atoms with Gasteiger partial charge in [0.05, 0.1) is 0 Å². The first-order valence-electron chi connectivity index (χ1n) is 6.42. The van der Waals surface area contributed by atoms with Gasteiger partial charge in [0.15, 0.2) is 0 Å². The molecule has 0 amide bonds. The topological polar surface area (TPSA) is 33.4 Å². The highest BCUT2D eigenvalue weighted by molar-refractivity contribution is 6.04. The van der Waals surface area contributed by atoms with Crippen molar-refractivity contribution >= 4 is 21.7 Å². The lowest BCUT2D eigenvalue weighted by Crippen LogP contribution is -1.96. The van der Waals surface area contributed by atoms with E-state index in [9.17, 15) is 5.11 Å². The second kappa shape index (κ2) is 3.59. The highest BCUT2D eigenvalue weighted by Crippen LogP contribution is 2.42. The summed E-state index contributed by atoms with van der Waals surface area (Å²) < 4.78 is 5.89. The van der Waals surface area contributed by atoms with E-state index in [-0.39, 0.29) is 0 Å². The Bertz CT molecular complexity index is 722. The van der Waals surface area contributed by atoms with E-state index in [2.05, 4.69) is 24.3 Å². The van der Waals surface area contributed by atoms with E-state index in [1.807, 2.05) is 18.2 Å². The summed E-state index contributed by atoms with van der Waals surface area (Å²) in [5, 5.41) is 13.5. The highest BCUT2D eigenvalue weighted by Gasteiger charge is 2.33. The van der Waals surface area contributed by atoms with Crippen molar-refractivity contribution in [1.29, 1.82) is 0 Å². The molecular formula is C16H14O2. The predicted octanol–water partition coefficient (Wildman–Crippen LogP) is 4.03. The summed E-state index contributed by atoms with van der Waals surface area (Å²) >= 11 is 0. The first-order chi connectivity index (χ1) is 8.83. The van der Waals surface area contributed by atoms with Crippen LogP contribution < -0.4 is 0 Å². The third-order valence-electron chi connectivity index (χ3n) is 3.79. The van der Waals surface area contributed by atoms with E-state index >= 15 is 0 Å². The summed E-state index contributed by atoms with van der Waals surface area (Å²) in [4.78, 5) is 0. The lowest BCUT2D eigenvalue weighted by Gasteiger charge is -2.03. The van der Waals surface area contributed by atoms with Gasteiger partial charge in [-0.2, -0.15) is 0 Å². The lowest BCUT2D eigenvalue weighted by molar-refractivity contribution is 0.129.